The van der Waals surface area contributed by atoms with Crippen molar-refractivity contribution < 1.29 is 164 Å². The molecule has 0 bridgehead atoms. The molecule has 6 rings (SSSR count). The monoisotopic (exact) mass is 1650 g/mol. The molecule has 6 fully saturated rings. The largest absolute Gasteiger partial charge is 0.394 e. The first-order valence-corrected chi connectivity index (χ1v) is 42.6. The highest BCUT2D eigenvalue weighted by Crippen LogP contribution is 2.38. The van der Waals surface area contributed by atoms with Crippen LogP contribution in [0.2, 0.25) is 0 Å². The van der Waals surface area contributed by atoms with Gasteiger partial charge in [-0.3, -0.25) is 4.79 Å². The van der Waals surface area contributed by atoms with E-state index in [0.29, 0.717) is 12.8 Å². The van der Waals surface area contributed by atoms with E-state index in [9.17, 15) is 107 Å². The summed E-state index contributed by atoms with van der Waals surface area (Å²) in [7, 11) is 0. The predicted octanol–water partition coefficient (Wildman–Crippen LogP) is 0.185. The van der Waals surface area contributed by atoms with Crippen molar-refractivity contribution in [1.29, 1.82) is 0 Å². The van der Waals surface area contributed by atoms with Gasteiger partial charge in [-0.15, -0.1) is 0 Å². The summed E-state index contributed by atoms with van der Waals surface area (Å²) >= 11 is 0. The summed E-state index contributed by atoms with van der Waals surface area (Å²) in [6, 6.07) is -1.06. The van der Waals surface area contributed by atoms with E-state index in [4.69, 9.17) is 56.8 Å². The predicted molar refractivity (Wildman–Crippen MR) is 407 cm³/mol. The van der Waals surface area contributed by atoms with Crippen LogP contribution in [0.5, 0.6) is 0 Å². The summed E-state index contributed by atoms with van der Waals surface area (Å²) < 4.78 is 69.1. The lowest BCUT2D eigenvalue weighted by Gasteiger charge is -2.50. The number of carbonyl (C=O) groups is 1. The Hall–Kier alpha value is -2.33. The maximum absolute atomic E-state index is 13.5. The minimum atomic E-state index is -2.27. The number of allylic oxidation sites excluding steroid dienone is 3. The molecule has 1 amide bonds. The van der Waals surface area contributed by atoms with Crippen LogP contribution >= 0.6 is 0 Å². The van der Waals surface area contributed by atoms with Crippen LogP contribution in [0.4, 0.5) is 0 Å². The molecule has 668 valence electrons. The molecule has 12 unspecified atom stereocenters. The SMILES string of the molecule is CCCCCCCC/C=C\CCCCCCCCCCCCCCCC(=O)N[C@@H](CO[C@@H]1OC(CO)[C@@H](O[C@@H]2OC(CO)[C@H](O[C@@H]3OC(CO)[C@H](O)[C@H](O[C@H]4OC(CO)[C@H](O)[C@H](O[C@H]5OC(CO)[C@H](O)[C@H](O[C@H]6OC(CO)[C@H](O)[C@H](O)C6O)C5O)C4O)C3O)[C@H](O)C2O)[C@H](O)C1O)[C@H](O)/C=C/CCCCCCCCCCCCC. The Labute approximate surface area is 671 Å². The minimum Gasteiger partial charge on any atom is -0.394 e. The maximum Gasteiger partial charge on any atom is 0.220 e. The van der Waals surface area contributed by atoms with E-state index in [1.54, 1.807) is 6.08 Å². The fourth-order valence-corrected chi connectivity index (χ4v) is 15.4. The van der Waals surface area contributed by atoms with E-state index >= 15 is 0 Å². The van der Waals surface area contributed by atoms with Crippen LogP contribution in [-0.4, -0.2) is 351 Å². The number of hydrogen-bond acceptors (Lipinski definition) is 33. The standard InChI is InChI=1S/C80H145NO33/c1-3-5-7-9-11-13-15-17-18-19-20-21-22-23-24-25-26-28-30-32-34-36-38-40-56(89)81-48(49(88)39-37-35-33-31-29-27-16-14-12-10-8-6-4-2)47-103-75-65(98)62(95)70(54(45-86)108-75)110-77-66(99)63(96)71(55(46-87)109-77)111-78-67(100)73(59(92)51(42-83)105-78)113-80-69(102)74(60(93)53(44-85)107-80)114-79-68(101)72(58(91)52(43-84)106-79)112-76-64(97)61(94)57(90)50(41-82)104-76/h17-18,37,39,48-55,57-80,82-88,90-102H,3-16,19-36,38,40-47H2,1-2H3,(H,81,89)/b18-17-,39-37+/t48-,49+,50?,51?,52?,53?,54?,55?,57-,58-,59-,60-,61-,62+,63+,64?,65?,66?,67?,68?,69?,70+,71-,72-,73-,74-,75+,76+,77-,78-,79+,80+/m0/s1. The van der Waals surface area contributed by atoms with Crippen molar-refractivity contribution in [1.82, 2.24) is 5.32 Å². The van der Waals surface area contributed by atoms with Crippen molar-refractivity contribution in [2.45, 2.75) is 429 Å². The average molecular weight is 1650 g/mol. The van der Waals surface area contributed by atoms with Gasteiger partial charge in [0.25, 0.3) is 0 Å². The number of aliphatic hydroxyl groups is 20. The molecule has 114 heavy (non-hydrogen) atoms. The fraction of sp³-hybridized carbons (Fsp3) is 0.938. The molecule has 34 nitrogen and oxygen atoms in total. The molecule has 0 saturated carbocycles. The highest BCUT2D eigenvalue weighted by atomic mass is 16.8. The lowest BCUT2D eigenvalue weighted by Crippen LogP contribution is -2.68. The molecule has 6 aliphatic heterocycles. The van der Waals surface area contributed by atoms with Gasteiger partial charge in [0.15, 0.2) is 37.7 Å². The van der Waals surface area contributed by atoms with Gasteiger partial charge in [0, 0.05) is 6.42 Å². The number of ether oxygens (including phenoxy) is 12. The lowest BCUT2D eigenvalue weighted by molar-refractivity contribution is -0.398. The van der Waals surface area contributed by atoms with Crippen LogP contribution in [0.25, 0.3) is 0 Å². The van der Waals surface area contributed by atoms with Gasteiger partial charge in [-0.25, -0.2) is 0 Å². The molecule has 0 spiro atoms. The second kappa shape index (κ2) is 55.6. The van der Waals surface area contributed by atoms with E-state index in [2.05, 4.69) is 31.3 Å². The van der Waals surface area contributed by atoms with Crippen LogP contribution in [0.1, 0.15) is 232 Å². The van der Waals surface area contributed by atoms with Crippen molar-refractivity contribution >= 4 is 5.91 Å². The zero-order valence-corrected chi connectivity index (χ0v) is 67.0. The third-order valence-corrected chi connectivity index (χ3v) is 22.6. The number of carbonyl (C=O) groups excluding carboxylic acids is 1. The van der Waals surface area contributed by atoms with Crippen molar-refractivity contribution in [2.24, 2.45) is 0 Å². The zero-order valence-electron chi connectivity index (χ0n) is 67.0. The molecule has 6 heterocycles. The second-order valence-corrected chi connectivity index (χ2v) is 31.6. The molecule has 21 N–H and O–H groups in total. The Morgan fingerprint density at radius 2 is 0.579 bits per heavy atom. The molecule has 0 aliphatic carbocycles. The van der Waals surface area contributed by atoms with Crippen LogP contribution in [0.15, 0.2) is 24.3 Å². The number of hydrogen-bond donors (Lipinski definition) is 21. The highest BCUT2D eigenvalue weighted by molar-refractivity contribution is 5.76. The first kappa shape index (κ1) is 100. The van der Waals surface area contributed by atoms with E-state index < -0.39 is 243 Å². The number of nitrogens with one attached hydrogen (secondary N) is 1. The third kappa shape index (κ3) is 31.5. The molecular weight excluding hydrogens is 1500 g/mol. The Morgan fingerprint density at radius 1 is 0.307 bits per heavy atom. The average Bonchev–Trinajstić information content (AvgIpc) is 0.762. The fourth-order valence-electron chi connectivity index (χ4n) is 15.4. The summed E-state index contributed by atoms with van der Waals surface area (Å²) in [6.07, 6.45) is -13.0. The van der Waals surface area contributed by atoms with E-state index in [0.717, 1.165) is 51.4 Å². The summed E-state index contributed by atoms with van der Waals surface area (Å²) in [5, 5.41) is 223. The lowest BCUT2D eigenvalue weighted by atomic mass is 9.95. The van der Waals surface area contributed by atoms with Crippen molar-refractivity contribution in [3.8, 4) is 0 Å². The van der Waals surface area contributed by atoms with Gasteiger partial charge in [0.05, 0.1) is 58.4 Å². The smallest absolute Gasteiger partial charge is 0.220 e. The number of rotatable bonds is 57. The van der Waals surface area contributed by atoms with Gasteiger partial charge in [-0.2, -0.15) is 0 Å². The number of aliphatic hydroxyl groups excluding tert-OH is 20. The van der Waals surface area contributed by atoms with Crippen LogP contribution in [-0.2, 0) is 61.6 Å². The first-order valence-electron chi connectivity index (χ1n) is 42.6. The van der Waals surface area contributed by atoms with E-state index in [1.165, 1.54) is 148 Å². The Balaban J connectivity index is 1.00. The van der Waals surface area contributed by atoms with Gasteiger partial charge in [0.2, 0.25) is 5.91 Å². The third-order valence-electron chi connectivity index (χ3n) is 22.6. The molecule has 0 aromatic heterocycles. The quantitative estimate of drug-likeness (QED) is 0.0285. The Morgan fingerprint density at radius 3 is 0.930 bits per heavy atom. The highest BCUT2D eigenvalue weighted by Gasteiger charge is 2.58. The summed E-state index contributed by atoms with van der Waals surface area (Å²) in [4.78, 5) is 13.5. The Bertz CT molecular complexity index is 2540. The normalized spacial score (nSPS) is 37.0. The maximum atomic E-state index is 13.5. The van der Waals surface area contributed by atoms with Gasteiger partial charge in [-0.1, -0.05) is 205 Å². The first-order chi connectivity index (χ1) is 55.0. The molecule has 0 aromatic rings. The number of amides is 1. The summed E-state index contributed by atoms with van der Waals surface area (Å²) in [5.74, 6) is -0.333. The van der Waals surface area contributed by atoms with Gasteiger partial charge >= 0.3 is 0 Å². The second-order valence-electron chi connectivity index (χ2n) is 31.6. The minimum absolute atomic E-state index is 0.183. The topological polar surface area (TPSA) is 544 Å². The Kier molecular flexibility index (Phi) is 49.0. The number of unbranched alkanes of at least 4 members (excludes halogenated alkanes) is 30. The molecule has 32 atom stereocenters. The van der Waals surface area contributed by atoms with E-state index in [1.807, 2.05) is 6.08 Å². The van der Waals surface area contributed by atoms with Crippen LogP contribution in [0.3, 0.4) is 0 Å². The van der Waals surface area contributed by atoms with Crippen molar-refractivity contribution in [3.05, 3.63) is 24.3 Å². The molecule has 34 heteroatoms. The molecule has 6 saturated heterocycles. The van der Waals surface area contributed by atoms with Gasteiger partial charge < -0.3 is 164 Å². The van der Waals surface area contributed by atoms with Crippen LogP contribution < -0.4 is 5.32 Å². The molecule has 0 aromatic carbocycles. The van der Waals surface area contributed by atoms with Crippen molar-refractivity contribution in [2.75, 3.05) is 46.2 Å². The molecule has 6 aliphatic rings. The van der Waals surface area contributed by atoms with E-state index in [-0.39, 0.29) is 12.3 Å². The van der Waals surface area contributed by atoms with Crippen LogP contribution in [0, 0.1) is 0 Å². The molecular formula is C80H145NO33. The molecule has 0 radical (unpaired) electrons. The summed E-state index contributed by atoms with van der Waals surface area (Å²) in [6.45, 7) is -1.90. The van der Waals surface area contributed by atoms with Gasteiger partial charge in [-0.05, 0) is 44.9 Å². The van der Waals surface area contributed by atoms with Gasteiger partial charge in [0.1, 0.15) is 146 Å². The summed E-state index contributed by atoms with van der Waals surface area (Å²) in [5.41, 5.74) is 0. The zero-order chi connectivity index (χ0) is 83.1. The van der Waals surface area contributed by atoms with Crippen molar-refractivity contribution in [3.63, 3.8) is 0 Å².